The molecule has 1 saturated heterocycles. The molecule has 2 aromatic carbocycles. The number of ketones is 1. The van der Waals surface area contributed by atoms with Crippen LogP contribution in [0.3, 0.4) is 0 Å². The van der Waals surface area contributed by atoms with Crippen LogP contribution >= 0.6 is 11.6 Å². The predicted octanol–water partition coefficient (Wildman–Crippen LogP) is 3.76. The van der Waals surface area contributed by atoms with Gasteiger partial charge in [-0.1, -0.05) is 54.1 Å². The first-order valence-electron chi connectivity index (χ1n) is 8.99. The van der Waals surface area contributed by atoms with E-state index in [1.54, 1.807) is 12.1 Å². The first-order chi connectivity index (χ1) is 12.6. The molecular weight excluding hydrogens is 348 g/mol. The van der Waals surface area contributed by atoms with Crippen molar-refractivity contribution in [1.29, 1.82) is 0 Å². The highest BCUT2D eigenvalue weighted by Gasteiger charge is 2.23. The van der Waals surface area contributed by atoms with Crippen molar-refractivity contribution < 1.29 is 9.59 Å². The van der Waals surface area contributed by atoms with E-state index in [1.807, 2.05) is 47.4 Å². The number of halogens is 1. The van der Waals surface area contributed by atoms with Gasteiger partial charge in [0.05, 0.1) is 10.6 Å². The third-order valence-corrected chi connectivity index (χ3v) is 5.07. The van der Waals surface area contributed by atoms with Gasteiger partial charge in [0.2, 0.25) is 0 Å². The van der Waals surface area contributed by atoms with Gasteiger partial charge < -0.3 is 4.90 Å². The van der Waals surface area contributed by atoms with Crippen LogP contribution in [0.1, 0.15) is 33.6 Å². The highest BCUT2D eigenvalue weighted by atomic mass is 35.5. The predicted molar refractivity (Wildman–Crippen MR) is 104 cm³/mol. The maximum atomic E-state index is 12.6. The van der Waals surface area contributed by atoms with Crippen LogP contribution in [0.5, 0.6) is 0 Å². The van der Waals surface area contributed by atoms with E-state index in [9.17, 15) is 9.59 Å². The summed E-state index contributed by atoms with van der Waals surface area (Å²) in [5.41, 5.74) is 1.35. The molecule has 0 saturated carbocycles. The van der Waals surface area contributed by atoms with Crippen molar-refractivity contribution in [2.45, 2.75) is 12.8 Å². The fraction of sp³-hybridized carbons (Fsp3) is 0.333. The van der Waals surface area contributed by atoms with Crippen molar-refractivity contribution >= 4 is 23.3 Å². The second-order valence-electron chi connectivity index (χ2n) is 6.51. The number of Topliss-reactive ketones (excluding diaryl/α,β-unsaturated/α-hetero) is 1. The van der Waals surface area contributed by atoms with Gasteiger partial charge in [-0.15, -0.1) is 0 Å². The van der Waals surface area contributed by atoms with Crippen LogP contribution in [0, 0.1) is 0 Å². The van der Waals surface area contributed by atoms with Gasteiger partial charge in [0.25, 0.3) is 5.91 Å². The largest absolute Gasteiger partial charge is 0.336 e. The topological polar surface area (TPSA) is 40.6 Å². The van der Waals surface area contributed by atoms with Crippen molar-refractivity contribution in [1.82, 2.24) is 9.80 Å². The van der Waals surface area contributed by atoms with Crippen LogP contribution in [0.25, 0.3) is 0 Å². The summed E-state index contributed by atoms with van der Waals surface area (Å²) in [6.07, 6.45) is 1.40. The van der Waals surface area contributed by atoms with Crippen molar-refractivity contribution in [2.24, 2.45) is 0 Å². The first-order valence-corrected chi connectivity index (χ1v) is 9.37. The summed E-state index contributed by atoms with van der Waals surface area (Å²) in [5.74, 6) is 0.188. The zero-order chi connectivity index (χ0) is 18.4. The number of carbonyl (C=O) groups is 2. The molecule has 0 aromatic heterocycles. The molecule has 136 valence electrons. The number of nitrogens with zero attached hydrogens (tertiary/aromatic N) is 2. The third-order valence-electron chi connectivity index (χ3n) is 4.74. The van der Waals surface area contributed by atoms with Crippen LogP contribution < -0.4 is 0 Å². The Labute approximate surface area is 159 Å². The van der Waals surface area contributed by atoms with E-state index < -0.39 is 0 Å². The summed E-state index contributed by atoms with van der Waals surface area (Å²) in [7, 11) is 0. The van der Waals surface area contributed by atoms with E-state index >= 15 is 0 Å². The lowest BCUT2D eigenvalue weighted by Gasteiger charge is -2.34. The van der Waals surface area contributed by atoms with E-state index in [2.05, 4.69) is 4.90 Å². The molecule has 0 radical (unpaired) electrons. The number of piperazine rings is 1. The molecule has 0 bridgehead atoms. The van der Waals surface area contributed by atoms with E-state index in [-0.39, 0.29) is 11.7 Å². The zero-order valence-electron chi connectivity index (χ0n) is 14.7. The summed E-state index contributed by atoms with van der Waals surface area (Å²) in [4.78, 5) is 28.9. The second kappa shape index (κ2) is 8.97. The minimum atomic E-state index is -0.00509. The van der Waals surface area contributed by atoms with Crippen molar-refractivity contribution in [3.63, 3.8) is 0 Å². The molecule has 1 amide bonds. The summed E-state index contributed by atoms with van der Waals surface area (Å²) in [5, 5.41) is 0.499. The number of hydrogen-bond donors (Lipinski definition) is 0. The van der Waals surface area contributed by atoms with Gasteiger partial charge >= 0.3 is 0 Å². The van der Waals surface area contributed by atoms with Crippen LogP contribution in [-0.2, 0) is 0 Å². The summed E-state index contributed by atoms with van der Waals surface area (Å²) in [6, 6.07) is 16.6. The Kier molecular flexibility index (Phi) is 6.42. The lowest BCUT2D eigenvalue weighted by Crippen LogP contribution is -2.48. The van der Waals surface area contributed by atoms with Crippen molar-refractivity contribution in [3.05, 3.63) is 70.7 Å². The Morgan fingerprint density at radius 2 is 1.54 bits per heavy atom. The standard InChI is InChI=1S/C21H23ClN2O2/c22-19-10-5-4-9-18(19)21(26)24-15-13-23(14-16-24)12-6-11-20(25)17-7-2-1-3-8-17/h1-5,7-10H,6,11-16H2. The van der Waals surface area contributed by atoms with Crippen molar-refractivity contribution in [3.8, 4) is 0 Å². The normalized spacial score (nSPS) is 15.0. The molecule has 1 aliphatic heterocycles. The quantitative estimate of drug-likeness (QED) is 0.727. The van der Waals surface area contributed by atoms with Gasteiger partial charge in [-0.2, -0.15) is 0 Å². The molecule has 0 atom stereocenters. The monoisotopic (exact) mass is 370 g/mol. The molecule has 1 fully saturated rings. The van der Waals surface area contributed by atoms with E-state index in [1.165, 1.54) is 0 Å². The van der Waals surface area contributed by atoms with Gasteiger partial charge in [-0.3, -0.25) is 14.5 Å². The molecular formula is C21H23ClN2O2. The Hall–Kier alpha value is -2.17. The van der Waals surface area contributed by atoms with Crippen molar-refractivity contribution in [2.75, 3.05) is 32.7 Å². The van der Waals surface area contributed by atoms with Crippen LogP contribution in [0.2, 0.25) is 5.02 Å². The van der Waals surface area contributed by atoms with E-state index in [4.69, 9.17) is 11.6 Å². The highest BCUT2D eigenvalue weighted by Crippen LogP contribution is 2.18. The first kappa shape index (κ1) is 18.6. The average Bonchev–Trinajstić information content (AvgIpc) is 2.69. The Morgan fingerprint density at radius 3 is 2.23 bits per heavy atom. The van der Waals surface area contributed by atoms with Gasteiger partial charge in [0, 0.05) is 38.2 Å². The minimum Gasteiger partial charge on any atom is -0.336 e. The van der Waals surface area contributed by atoms with Crippen LogP contribution in [0.15, 0.2) is 54.6 Å². The van der Waals surface area contributed by atoms with E-state index in [0.717, 1.165) is 31.6 Å². The fourth-order valence-electron chi connectivity index (χ4n) is 3.21. The Balaban J connectivity index is 1.42. The highest BCUT2D eigenvalue weighted by molar-refractivity contribution is 6.33. The van der Waals surface area contributed by atoms with E-state index in [0.29, 0.717) is 30.1 Å². The molecule has 5 heteroatoms. The summed E-state index contributed by atoms with van der Waals surface area (Å²) in [6.45, 7) is 3.92. The molecule has 4 nitrogen and oxygen atoms in total. The third kappa shape index (κ3) is 4.71. The molecule has 0 spiro atoms. The number of amides is 1. The Morgan fingerprint density at radius 1 is 0.885 bits per heavy atom. The molecule has 1 aliphatic rings. The summed E-state index contributed by atoms with van der Waals surface area (Å²) < 4.78 is 0. The average molecular weight is 371 g/mol. The zero-order valence-corrected chi connectivity index (χ0v) is 15.5. The van der Waals surface area contributed by atoms with Gasteiger partial charge in [0.15, 0.2) is 5.78 Å². The lowest BCUT2D eigenvalue weighted by molar-refractivity contribution is 0.0635. The van der Waals surface area contributed by atoms with Gasteiger partial charge in [0.1, 0.15) is 0 Å². The molecule has 0 aliphatic carbocycles. The number of carbonyl (C=O) groups excluding carboxylic acids is 2. The maximum absolute atomic E-state index is 12.6. The molecule has 0 unspecified atom stereocenters. The maximum Gasteiger partial charge on any atom is 0.255 e. The molecule has 26 heavy (non-hydrogen) atoms. The lowest BCUT2D eigenvalue weighted by atomic mass is 10.1. The fourth-order valence-corrected chi connectivity index (χ4v) is 3.43. The molecule has 0 N–H and O–H groups in total. The molecule has 1 heterocycles. The Bertz CT molecular complexity index is 756. The smallest absolute Gasteiger partial charge is 0.255 e. The molecule has 2 aromatic rings. The second-order valence-corrected chi connectivity index (χ2v) is 6.91. The molecule has 3 rings (SSSR count). The summed E-state index contributed by atoms with van der Waals surface area (Å²) >= 11 is 6.13. The SMILES string of the molecule is O=C(CCCN1CCN(C(=O)c2ccccc2Cl)CC1)c1ccccc1. The van der Waals surface area contributed by atoms with Gasteiger partial charge in [-0.05, 0) is 25.1 Å². The number of hydrogen-bond acceptors (Lipinski definition) is 3. The number of rotatable bonds is 6. The van der Waals surface area contributed by atoms with Gasteiger partial charge in [-0.25, -0.2) is 0 Å². The van der Waals surface area contributed by atoms with Crippen LogP contribution in [0.4, 0.5) is 0 Å². The minimum absolute atomic E-state index is 0.00509. The van der Waals surface area contributed by atoms with Crippen LogP contribution in [-0.4, -0.2) is 54.2 Å². The number of benzene rings is 2.